The van der Waals surface area contributed by atoms with Crippen molar-refractivity contribution in [3.05, 3.63) is 73.2 Å². The molecule has 0 saturated carbocycles. The zero-order valence-corrected chi connectivity index (χ0v) is 21.1. The Morgan fingerprint density at radius 3 is 2.72 bits per heavy atom. The number of H-pyrrole nitrogens is 2. The molecule has 0 radical (unpaired) electrons. The van der Waals surface area contributed by atoms with E-state index in [1.807, 2.05) is 18.2 Å². The van der Waals surface area contributed by atoms with Gasteiger partial charge in [-0.05, 0) is 55.8 Å². The highest BCUT2D eigenvalue weighted by Gasteiger charge is 2.17. The van der Waals surface area contributed by atoms with Gasteiger partial charge in [-0.25, -0.2) is 9.37 Å². The van der Waals surface area contributed by atoms with Gasteiger partial charge in [-0.3, -0.25) is 25.0 Å². The predicted octanol–water partition coefficient (Wildman–Crippen LogP) is 5.24. The number of ether oxygens (including phenoxy) is 1. The molecular weight excluding hydrogens is 495 g/mol. The Hall–Kier alpha value is -4.70. The van der Waals surface area contributed by atoms with E-state index in [1.165, 1.54) is 25.0 Å². The van der Waals surface area contributed by atoms with Crippen LogP contribution in [0.2, 0.25) is 0 Å². The maximum absolute atomic E-state index is 13.9. The van der Waals surface area contributed by atoms with Crippen LogP contribution in [0.5, 0.6) is 5.75 Å². The van der Waals surface area contributed by atoms with E-state index in [2.05, 4.69) is 35.0 Å². The van der Waals surface area contributed by atoms with Gasteiger partial charge in [0.1, 0.15) is 23.9 Å². The summed E-state index contributed by atoms with van der Waals surface area (Å²) in [4.78, 5) is 23.9. The van der Waals surface area contributed by atoms with E-state index in [-0.39, 0.29) is 5.82 Å². The molecular formula is C29H25FN8O. The molecule has 6 heterocycles. The highest BCUT2D eigenvalue weighted by atomic mass is 19.1. The molecule has 1 aliphatic rings. The number of benzene rings is 1. The van der Waals surface area contributed by atoms with Crippen LogP contribution in [-0.2, 0) is 0 Å². The van der Waals surface area contributed by atoms with Crippen molar-refractivity contribution in [3.63, 3.8) is 0 Å². The minimum Gasteiger partial charge on any atom is -0.491 e. The average molecular weight is 521 g/mol. The normalized spacial score (nSPS) is 14.0. The molecule has 1 aliphatic heterocycles. The Morgan fingerprint density at radius 1 is 0.923 bits per heavy atom. The van der Waals surface area contributed by atoms with Crippen LogP contribution in [0, 0.1) is 5.82 Å². The second kappa shape index (κ2) is 9.88. The van der Waals surface area contributed by atoms with E-state index in [1.54, 1.807) is 37.1 Å². The van der Waals surface area contributed by atoms with Gasteiger partial charge < -0.3 is 9.72 Å². The molecule has 7 rings (SSSR count). The average Bonchev–Trinajstić information content (AvgIpc) is 3.72. The third-order valence-electron chi connectivity index (χ3n) is 7.09. The summed E-state index contributed by atoms with van der Waals surface area (Å²) in [5.74, 6) is 0.987. The number of hydrogen-bond acceptors (Lipinski definition) is 7. The molecule has 5 aromatic heterocycles. The number of imidazole rings is 1. The van der Waals surface area contributed by atoms with Crippen LogP contribution in [0.15, 0.2) is 67.4 Å². The van der Waals surface area contributed by atoms with Crippen LogP contribution in [0.25, 0.3) is 55.8 Å². The fourth-order valence-electron chi connectivity index (χ4n) is 5.10. The van der Waals surface area contributed by atoms with Gasteiger partial charge in [0, 0.05) is 35.5 Å². The van der Waals surface area contributed by atoms with E-state index < -0.39 is 0 Å². The van der Waals surface area contributed by atoms with E-state index in [0.29, 0.717) is 29.2 Å². The fraction of sp³-hybridized carbons (Fsp3) is 0.207. The summed E-state index contributed by atoms with van der Waals surface area (Å²) in [7, 11) is 0. The van der Waals surface area contributed by atoms with Gasteiger partial charge in [0.25, 0.3) is 0 Å². The Balaban J connectivity index is 1.20. The molecule has 0 amide bonds. The number of halogens is 1. The van der Waals surface area contributed by atoms with Gasteiger partial charge in [-0.2, -0.15) is 5.10 Å². The molecule has 1 saturated heterocycles. The standard InChI is InChI=1S/C29H25FN8O/c30-20-5-3-4-18(10-20)23-15-32-16-26-27(23)35-29(34-26)28-22-12-24(33-17-25(22)36-37-28)19-11-21(14-31-13-19)39-9-8-38-6-1-2-7-38/h3-5,10-17H,1-2,6-9H2,(H,34,35)(H,36,37). The maximum atomic E-state index is 13.9. The molecule has 0 bridgehead atoms. The lowest BCUT2D eigenvalue weighted by Gasteiger charge is -2.15. The molecule has 1 aromatic carbocycles. The number of aromatic amines is 2. The van der Waals surface area contributed by atoms with Gasteiger partial charge in [0.2, 0.25) is 0 Å². The lowest BCUT2D eigenvalue weighted by atomic mass is 10.1. The monoisotopic (exact) mass is 520 g/mol. The fourth-order valence-corrected chi connectivity index (χ4v) is 5.10. The van der Waals surface area contributed by atoms with Gasteiger partial charge in [0.15, 0.2) is 5.82 Å². The number of rotatable bonds is 7. The van der Waals surface area contributed by atoms with Crippen LogP contribution in [0.4, 0.5) is 4.39 Å². The maximum Gasteiger partial charge on any atom is 0.159 e. The number of likely N-dealkylation sites (tertiary alicyclic amines) is 1. The highest BCUT2D eigenvalue weighted by Crippen LogP contribution is 2.32. The summed E-state index contributed by atoms with van der Waals surface area (Å²) in [5, 5.41) is 8.43. The summed E-state index contributed by atoms with van der Waals surface area (Å²) in [5.41, 5.74) is 5.92. The summed E-state index contributed by atoms with van der Waals surface area (Å²) < 4.78 is 19.9. The van der Waals surface area contributed by atoms with Gasteiger partial charge in [-0.1, -0.05) is 12.1 Å². The molecule has 9 nitrogen and oxygen atoms in total. The van der Waals surface area contributed by atoms with E-state index >= 15 is 0 Å². The van der Waals surface area contributed by atoms with Crippen LogP contribution >= 0.6 is 0 Å². The SMILES string of the molecule is Fc1cccc(-c2cncc3[nH]c(-c4n[nH]c5cnc(-c6cncc(OCCN7CCCC7)c6)cc45)nc23)c1. The van der Waals surface area contributed by atoms with Crippen molar-refractivity contribution in [3.8, 4) is 39.7 Å². The first-order valence-electron chi connectivity index (χ1n) is 13.0. The smallest absolute Gasteiger partial charge is 0.159 e. The number of fused-ring (bicyclic) bond motifs is 2. The van der Waals surface area contributed by atoms with E-state index in [4.69, 9.17) is 9.72 Å². The zero-order chi connectivity index (χ0) is 26.2. The third-order valence-corrected chi connectivity index (χ3v) is 7.09. The Bertz CT molecular complexity index is 1790. The van der Waals surface area contributed by atoms with Crippen molar-refractivity contribution in [2.24, 2.45) is 0 Å². The molecule has 0 spiro atoms. The van der Waals surface area contributed by atoms with Crippen LogP contribution < -0.4 is 4.74 Å². The zero-order valence-electron chi connectivity index (χ0n) is 21.1. The Kier molecular flexibility index (Phi) is 5.93. The molecule has 0 atom stereocenters. The largest absolute Gasteiger partial charge is 0.491 e. The highest BCUT2D eigenvalue weighted by molar-refractivity contribution is 5.97. The lowest BCUT2D eigenvalue weighted by molar-refractivity contribution is 0.237. The van der Waals surface area contributed by atoms with Crippen LogP contribution in [0.3, 0.4) is 0 Å². The molecule has 0 aliphatic carbocycles. The second-order valence-corrected chi connectivity index (χ2v) is 9.67. The summed E-state index contributed by atoms with van der Waals surface area (Å²) in [6.07, 6.45) is 11.2. The van der Waals surface area contributed by atoms with Crippen molar-refractivity contribution in [2.75, 3.05) is 26.2 Å². The topological polar surface area (TPSA) is 108 Å². The number of hydrogen-bond donors (Lipinski definition) is 2. The summed E-state index contributed by atoms with van der Waals surface area (Å²) in [6, 6.07) is 10.3. The lowest BCUT2D eigenvalue weighted by Crippen LogP contribution is -2.25. The van der Waals surface area contributed by atoms with Crippen molar-refractivity contribution in [1.82, 2.24) is 40.0 Å². The van der Waals surface area contributed by atoms with E-state index in [0.717, 1.165) is 58.6 Å². The molecule has 2 N–H and O–H groups in total. The number of aromatic nitrogens is 7. The number of pyridine rings is 3. The van der Waals surface area contributed by atoms with Crippen LogP contribution in [0.1, 0.15) is 12.8 Å². The Morgan fingerprint density at radius 2 is 1.82 bits per heavy atom. The van der Waals surface area contributed by atoms with Crippen molar-refractivity contribution in [2.45, 2.75) is 12.8 Å². The molecule has 39 heavy (non-hydrogen) atoms. The Labute approximate surface area is 223 Å². The predicted molar refractivity (Wildman–Crippen MR) is 147 cm³/mol. The molecule has 194 valence electrons. The first-order valence-corrected chi connectivity index (χ1v) is 13.0. The number of nitrogens with one attached hydrogen (secondary N) is 2. The molecule has 10 heteroatoms. The van der Waals surface area contributed by atoms with Gasteiger partial charge in [0.05, 0.1) is 40.8 Å². The first-order chi connectivity index (χ1) is 19.2. The summed E-state index contributed by atoms with van der Waals surface area (Å²) in [6.45, 7) is 3.84. The molecule has 1 fully saturated rings. The van der Waals surface area contributed by atoms with E-state index in [9.17, 15) is 4.39 Å². The third kappa shape index (κ3) is 4.59. The first kappa shape index (κ1) is 23.4. The number of nitrogens with zero attached hydrogens (tertiary/aromatic N) is 6. The van der Waals surface area contributed by atoms with Crippen LogP contribution in [-0.4, -0.2) is 66.3 Å². The second-order valence-electron chi connectivity index (χ2n) is 9.67. The van der Waals surface area contributed by atoms with Gasteiger partial charge >= 0.3 is 0 Å². The van der Waals surface area contributed by atoms with Gasteiger partial charge in [-0.15, -0.1) is 0 Å². The minimum atomic E-state index is -0.311. The minimum absolute atomic E-state index is 0.311. The van der Waals surface area contributed by atoms with Crippen molar-refractivity contribution < 1.29 is 9.13 Å². The van der Waals surface area contributed by atoms with Crippen molar-refractivity contribution in [1.29, 1.82) is 0 Å². The van der Waals surface area contributed by atoms with Crippen molar-refractivity contribution >= 4 is 21.9 Å². The summed E-state index contributed by atoms with van der Waals surface area (Å²) >= 11 is 0. The quantitative estimate of drug-likeness (QED) is 0.296. The molecule has 0 unspecified atom stereocenters. The molecule has 6 aromatic rings.